The summed E-state index contributed by atoms with van der Waals surface area (Å²) in [6, 6.07) is 20.3. The summed E-state index contributed by atoms with van der Waals surface area (Å²) in [5.74, 6) is 0.221. The van der Waals surface area contributed by atoms with Crippen molar-refractivity contribution in [2.75, 3.05) is 13.1 Å². The first-order valence-electron chi connectivity index (χ1n) is 18.4. The Bertz CT molecular complexity index is 2300. The van der Waals surface area contributed by atoms with Gasteiger partial charge in [0.15, 0.2) is 5.82 Å². The van der Waals surface area contributed by atoms with Gasteiger partial charge in [0, 0.05) is 71.2 Å². The van der Waals surface area contributed by atoms with Gasteiger partial charge in [-0.15, -0.1) is 0 Å². The van der Waals surface area contributed by atoms with Crippen LogP contribution >= 0.6 is 23.2 Å². The first-order chi connectivity index (χ1) is 25.2. The lowest BCUT2D eigenvalue weighted by molar-refractivity contribution is -0.134. The molecule has 10 heteroatoms. The number of nitrogens with one attached hydrogen (secondary N) is 1. The van der Waals surface area contributed by atoms with Crippen LogP contribution in [-0.2, 0) is 22.6 Å². The van der Waals surface area contributed by atoms with Gasteiger partial charge in [0.05, 0.1) is 46.4 Å². The summed E-state index contributed by atoms with van der Waals surface area (Å²) in [6.07, 6.45) is 4.05. The van der Waals surface area contributed by atoms with Crippen molar-refractivity contribution in [2.45, 2.75) is 83.2 Å². The van der Waals surface area contributed by atoms with Crippen LogP contribution in [0.5, 0.6) is 0 Å². The second-order valence-corrected chi connectivity index (χ2v) is 16.0. The van der Waals surface area contributed by atoms with Crippen LogP contribution in [0.15, 0.2) is 54.6 Å². The number of halogens is 3. The van der Waals surface area contributed by atoms with Crippen molar-refractivity contribution in [3.63, 3.8) is 0 Å². The molecule has 5 aliphatic rings. The van der Waals surface area contributed by atoms with Crippen molar-refractivity contribution >= 4 is 50.9 Å². The van der Waals surface area contributed by atoms with Gasteiger partial charge >= 0.3 is 0 Å². The van der Waals surface area contributed by atoms with Crippen LogP contribution in [0, 0.1) is 42.8 Å². The summed E-state index contributed by atoms with van der Waals surface area (Å²) in [7, 11) is 0. The summed E-state index contributed by atoms with van der Waals surface area (Å²) in [6.45, 7) is 5.97. The SMILES string of the molecule is Cc1cccc(CO[C@H]2C[C@H](c3cc4c(C)nc5c(F)c(-c6cccc(Cl)c6Cl)c(CCC#N)cc5c4n3[C@H]3[C@H]4CN[C@@H]3C4)N(C(=O)C3CC3)C2)c1. The highest BCUT2D eigenvalue weighted by atomic mass is 35.5. The zero-order valence-corrected chi connectivity index (χ0v) is 30.8. The zero-order chi connectivity index (χ0) is 35.8. The molecule has 266 valence electrons. The van der Waals surface area contributed by atoms with E-state index in [1.54, 1.807) is 18.2 Å². The molecule has 3 aliphatic heterocycles. The van der Waals surface area contributed by atoms with Crippen molar-refractivity contribution in [3.8, 4) is 17.2 Å². The first-order valence-corrected chi connectivity index (χ1v) is 19.2. The van der Waals surface area contributed by atoms with Gasteiger partial charge < -0.3 is 19.5 Å². The van der Waals surface area contributed by atoms with E-state index in [-0.39, 0.29) is 53.0 Å². The maximum Gasteiger partial charge on any atom is 0.226 e. The minimum absolute atomic E-state index is 0.0650. The average molecular weight is 737 g/mol. The topological polar surface area (TPSA) is 83.2 Å². The van der Waals surface area contributed by atoms with E-state index in [9.17, 15) is 10.1 Å². The van der Waals surface area contributed by atoms with Crippen molar-refractivity contribution < 1.29 is 13.9 Å². The predicted molar refractivity (Wildman–Crippen MR) is 202 cm³/mol. The maximum atomic E-state index is 17.2. The third kappa shape index (κ3) is 5.60. The number of ether oxygens (including phenoxy) is 1. The molecule has 1 amide bonds. The Labute approximate surface area is 312 Å². The number of rotatable bonds is 9. The fraction of sp³-hybridized carbons (Fsp3) is 0.405. The lowest BCUT2D eigenvalue weighted by Gasteiger charge is -2.39. The van der Waals surface area contributed by atoms with Crippen molar-refractivity contribution in [2.24, 2.45) is 11.8 Å². The van der Waals surface area contributed by atoms with Gasteiger partial charge in [0.1, 0.15) is 5.52 Å². The highest BCUT2D eigenvalue weighted by Gasteiger charge is 2.51. The molecule has 1 N–H and O–H groups in total. The summed E-state index contributed by atoms with van der Waals surface area (Å²) in [4.78, 5) is 21.0. The van der Waals surface area contributed by atoms with E-state index in [0.29, 0.717) is 59.0 Å². The molecule has 2 bridgehead atoms. The number of hydrogen-bond acceptors (Lipinski definition) is 5. The lowest BCUT2D eigenvalue weighted by Crippen LogP contribution is -2.41. The summed E-state index contributed by atoms with van der Waals surface area (Å²) in [5.41, 5.74) is 6.79. The standard InChI is InChI=1S/C42H40Cl2FN5O2/c1-22-6-3-7-24(14-22)21-52-28-17-34(49(20-28)42(51)25-11-12-25)35-18-30-23(2)48-39-31(41(30)50(35)40-27-16-33(40)47-19-27)15-26(8-5-13-46)36(38(39)45)29-9-4-10-32(43)37(29)44/h3-4,6-7,9-10,14-15,18,25,27-28,33-34,40,47H,5,8,11-12,16-17,19-21H2,1-2H3/t27-,28+,33-,34-,40+/m1/s1. The fourth-order valence-electron chi connectivity index (χ4n) is 9.12. The number of pyridine rings is 1. The van der Waals surface area contributed by atoms with Crippen LogP contribution in [0.2, 0.25) is 10.0 Å². The number of nitriles is 1. The van der Waals surface area contributed by atoms with Crippen LogP contribution in [0.3, 0.4) is 0 Å². The number of amides is 1. The number of carbonyl (C=O) groups is 1. The molecular weight excluding hydrogens is 696 g/mol. The molecule has 3 aromatic carbocycles. The number of aryl methyl sites for hydroxylation is 3. The molecule has 5 atom stereocenters. The molecule has 2 aliphatic carbocycles. The van der Waals surface area contributed by atoms with Crippen LogP contribution in [0.1, 0.15) is 72.3 Å². The molecule has 0 unspecified atom stereocenters. The number of fused-ring (bicyclic) bond motifs is 4. The Hall–Kier alpha value is -4.00. The molecule has 0 radical (unpaired) electrons. The van der Waals surface area contributed by atoms with Crippen molar-refractivity contribution in [1.29, 1.82) is 5.26 Å². The number of nitrogens with zero attached hydrogens (tertiary/aromatic N) is 4. The quantitative estimate of drug-likeness (QED) is 0.163. The Morgan fingerprint density at radius 1 is 1.10 bits per heavy atom. The van der Waals surface area contributed by atoms with E-state index in [4.69, 9.17) is 32.9 Å². The molecule has 52 heavy (non-hydrogen) atoms. The number of benzene rings is 3. The molecule has 7 nitrogen and oxygen atoms in total. The summed E-state index contributed by atoms with van der Waals surface area (Å²) >= 11 is 13.1. The van der Waals surface area contributed by atoms with Gasteiger partial charge in [0.2, 0.25) is 5.91 Å². The first kappa shape index (κ1) is 33.8. The molecule has 5 aromatic rings. The molecule has 5 heterocycles. The Balaban J connectivity index is 1.23. The predicted octanol–water partition coefficient (Wildman–Crippen LogP) is 9.18. The molecule has 0 spiro atoms. The normalized spacial score (nSPS) is 23.8. The molecule has 2 saturated carbocycles. The Morgan fingerprint density at radius 2 is 1.92 bits per heavy atom. The fourth-order valence-corrected chi connectivity index (χ4v) is 9.52. The van der Waals surface area contributed by atoms with Gasteiger partial charge in [0.25, 0.3) is 0 Å². The molecule has 3 saturated heterocycles. The van der Waals surface area contributed by atoms with E-state index < -0.39 is 5.82 Å². The van der Waals surface area contributed by atoms with Gasteiger partial charge in [-0.1, -0.05) is 65.2 Å². The maximum absolute atomic E-state index is 17.2. The number of hydrogen-bond donors (Lipinski definition) is 1. The van der Waals surface area contributed by atoms with Gasteiger partial charge in [-0.25, -0.2) is 9.37 Å². The van der Waals surface area contributed by atoms with Gasteiger partial charge in [-0.05, 0) is 74.8 Å². The van der Waals surface area contributed by atoms with E-state index in [0.717, 1.165) is 53.7 Å². The summed E-state index contributed by atoms with van der Waals surface area (Å²) < 4.78 is 26.2. The van der Waals surface area contributed by atoms with E-state index in [1.807, 2.05) is 13.0 Å². The minimum Gasteiger partial charge on any atom is -0.372 e. The van der Waals surface area contributed by atoms with Gasteiger partial charge in [-0.2, -0.15) is 5.26 Å². The highest BCUT2D eigenvalue weighted by molar-refractivity contribution is 6.43. The third-order valence-electron chi connectivity index (χ3n) is 11.8. The number of likely N-dealkylation sites (tertiary alicyclic amines) is 1. The third-order valence-corrected chi connectivity index (χ3v) is 12.6. The molecule has 2 aromatic heterocycles. The van der Waals surface area contributed by atoms with Crippen LogP contribution < -0.4 is 5.32 Å². The van der Waals surface area contributed by atoms with Crippen LogP contribution in [0.4, 0.5) is 4.39 Å². The number of carbonyl (C=O) groups excluding carboxylic acids is 1. The molecular formula is C42H40Cl2FN5O2. The largest absolute Gasteiger partial charge is 0.372 e. The van der Waals surface area contributed by atoms with Crippen molar-refractivity contribution in [1.82, 2.24) is 19.8 Å². The highest BCUT2D eigenvalue weighted by Crippen LogP contribution is 2.51. The average Bonchev–Trinajstić information content (AvgIpc) is 3.43. The zero-order valence-electron chi connectivity index (χ0n) is 29.3. The van der Waals surface area contributed by atoms with Crippen LogP contribution in [0.25, 0.3) is 32.9 Å². The summed E-state index contributed by atoms with van der Waals surface area (Å²) in [5, 5.41) is 15.6. The Morgan fingerprint density at radius 3 is 2.65 bits per heavy atom. The molecule has 5 fully saturated rings. The van der Waals surface area contributed by atoms with Crippen molar-refractivity contribution in [3.05, 3.63) is 98.5 Å². The van der Waals surface area contributed by atoms with E-state index in [2.05, 4.69) is 58.1 Å². The van der Waals surface area contributed by atoms with E-state index in [1.165, 1.54) is 5.56 Å². The minimum atomic E-state index is -0.473. The lowest BCUT2D eigenvalue weighted by atomic mass is 9.79. The second-order valence-electron chi connectivity index (χ2n) is 15.2. The smallest absolute Gasteiger partial charge is 0.226 e. The van der Waals surface area contributed by atoms with Gasteiger partial charge in [-0.3, -0.25) is 4.79 Å². The monoisotopic (exact) mass is 735 g/mol. The number of aromatic nitrogens is 2. The second kappa shape index (κ2) is 13.1. The van der Waals surface area contributed by atoms with E-state index >= 15 is 4.39 Å². The Kier molecular flexibility index (Phi) is 8.54. The van der Waals surface area contributed by atoms with Crippen LogP contribution in [-0.4, -0.2) is 45.6 Å². The molecule has 10 rings (SSSR count).